The molecule has 0 fully saturated rings. The second kappa shape index (κ2) is 8.92. The Labute approximate surface area is 146 Å². The van der Waals surface area contributed by atoms with Crippen LogP contribution in [0.15, 0.2) is 28.8 Å². The number of carbonyl (C=O) groups is 1. The summed E-state index contributed by atoms with van der Waals surface area (Å²) in [6.07, 6.45) is 1.57. The minimum atomic E-state index is -0.367. The maximum absolute atomic E-state index is 13.1. The summed E-state index contributed by atoms with van der Waals surface area (Å²) < 4.78 is 18.2. The van der Waals surface area contributed by atoms with Gasteiger partial charge in [-0.1, -0.05) is 19.0 Å². The molecule has 7 heteroatoms. The summed E-state index contributed by atoms with van der Waals surface area (Å²) >= 11 is 0. The lowest BCUT2D eigenvalue weighted by molar-refractivity contribution is -0.118. The number of nitriles is 1. The van der Waals surface area contributed by atoms with E-state index in [0.29, 0.717) is 30.2 Å². The molecule has 1 aromatic heterocycles. The van der Waals surface area contributed by atoms with E-state index in [9.17, 15) is 9.18 Å². The number of aryl methyl sites for hydroxylation is 1. The van der Waals surface area contributed by atoms with Gasteiger partial charge in [-0.2, -0.15) is 10.2 Å². The third-order valence-electron chi connectivity index (χ3n) is 3.67. The molecule has 2 rings (SSSR count). The minimum absolute atomic E-state index is 0.120. The summed E-state index contributed by atoms with van der Waals surface area (Å²) in [5.41, 5.74) is 0.585. The highest BCUT2D eigenvalue weighted by molar-refractivity contribution is 5.93. The standard InChI is InChI=1S/C18H21FN4O2/c1-13(2)18-21-16(25-22-18)5-3-6-17(24)23(12-4-11-20)15-9-7-14(19)8-10-15/h7-10,13H,3-6,12H2,1-2H3. The number of halogens is 1. The van der Waals surface area contributed by atoms with Crippen molar-refractivity contribution in [3.05, 3.63) is 41.8 Å². The SMILES string of the molecule is CC(C)c1noc(CCCC(=O)N(CCC#N)c2ccc(F)cc2)n1. The molecule has 0 aliphatic heterocycles. The van der Waals surface area contributed by atoms with Gasteiger partial charge in [0.2, 0.25) is 11.8 Å². The van der Waals surface area contributed by atoms with E-state index in [4.69, 9.17) is 9.78 Å². The summed E-state index contributed by atoms with van der Waals surface area (Å²) in [4.78, 5) is 18.3. The van der Waals surface area contributed by atoms with Gasteiger partial charge in [-0.25, -0.2) is 4.39 Å². The van der Waals surface area contributed by atoms with Crippen LogP contribution >= 0.6 is 0 Å². The van der Waals surface area contributed by atoms with Crippen LogP contribution in [0, 0.1) is 17.1 Å². The number of amides is 1. The summed E-state index contributed by atoms with van der Waals surface area (Å²) in [6.45, 7) is 4.24. The number of aromatic nitrogens is 2. The molecule has 25 heavy (non-hydrogen) atoms. The Morgan fingerprint density at radius 1 is 1.36 bits per heavy atom. The first-order valence-electron chi connectivity index (χ1n) is 8.26. The fraction of sp³-hybridized carbons (Fsp3) is 0.444. The predicted octanol–water partition coefficient (Wildman–Crippen LogP) is 3.60. The number of nitrogens with zero attached hydrogens (tertiary/aromatic N) is 4. The van der Waals surface area contributed by atoms with Crippen LogP contribution in [0.2, 0.25) is 0 Å². The van der Waals surface area contributed by atoms with Crippen LogP contribution in [0.5, 0.6) is 0 Å². The van der Waals surface area contributed by atoms with Gasteiger partial charge in [0.25, 0.3) is 0 Å². The summed E-state index contributed by atoms with van der Waals surface area (Å²) in [5, 5.41) is 12.7. The van der Waals surface area contributed by atoms with Gasteiger partial charge >= 0.3 is 0 Å². The van der Waals surface area contributed by atoms with Crippen LogP contribution in [0.4, 0.5) is 10.1 Å². The van der Waals surface area contributed by atoms with Gasteiger partial charge in [-0.3, -0.25) is 4.79 Å². The third-order valence-corrected chi connectivity index (χ3v) is 3.67. The number of carbonyl (C=O) groups excluding carboxylic acids is 1. The molecule has 0 saturated carbocycles. The van der Waals surface area contributed by atoms with Crippen molar-refractivity contribution in [2.24, 2.45) is 0 Å². The molecule has 0 atom stereocenters. The number of rotatable bonds is 8. The van der Waals surface area contributed by atoms with Crippen LogP contribution in [0.25, 0.3) is 0 Å². The molecule has 0 aliphatic carbocycles. The largest absolute Gasteiger partial charge is 0.339 e. The molecule has 0 aliphatic rings. The molecular weight excluding hydrogens is 323 g/mol. The second-order valence-electron chi connectivity index (χ2n) is 5.98. The fourth-order valence-corrected chi connectivity index (χ4v) is 2.31. The zero-order valence-corrected chi connectivity index (χ0v) is 14.4. The predicted molar refractivity (Wildman–Crippen MR) is 90.3 cm³/mol. The van der Waals surface area contributed by atoms with Gasteiger partial charge in [0.1, 0.15) is 5.82 Å². The summed E-state index contributed by atoms with van der Waals surface area (Å²) in [7, 11) is 0. The van der Waals surface area contributed by atoms with Crippen molar-refractivity contribution in [2.45, 2.75) is 45.4 Å². The number of anilines is 1. The zero-order chi connectivity index (χ0) is 18.2. The van der Waals surface area contributed by atoms with E-state index in [1.54, 1.807) is 0 Å². The van der Waals surface area contributed by atoms with Crippen LogP contribution < -0.4 is 4.90 Å². The van der Waals surface area contributed by atoms with Crippen LogP contribution in [0.1, 0.15) is 50.7 Å². The molecule has 1 amide bonds. The molecule has 0 N–H and O–H groups in total. The van der Waals surface area contributed by atoms with Gasteiger partial charge < -0.3 is 9.42 Å². The van der Waals surface area contributed by atoms with E-state index in [0.717, 1.165) is 0 Å². The van der Waals surface area contributed by atoms with E-state index in [1.165, 1.54) is 29.2 Å². The lowest BCUT2D eigenvalue weighted by atomic mass is 10.2. The highest BCUT2D eigenvalue weighted by atomic mass is 19.1. The molecule has 0 spiro atoms. The van der Waals surface area contributed by atoms with Gasteiger partial charge in [-0.15, -0.1) is 0 Å². The minimum Gasteiger partial charge on any atom is -0.339 e. The summed E-state index contributed by atoms with van der Waals surface area (Å²) in [5.74, 6) is 0.878. The topological polar surface area (TPSA) is 83.0 Å². The van der Waals surface area contributed by atoms with Crippen molar-refractivity contribution < 1.29 is 13.7 Å². The van der Waals surface area contributed by atoms with E-state index in [1.807, 2.05) is 19.9 Å². The van der Waals surface area contributed by atoms with E-state index in [2.05, 4.69) is 10.1 Å². The third kappa shape index (κ3) is 5.38. The highest BCUT2D eigenvalue weighted by Crippen LogP contribution is 2.18. The molecule has 0 saturated heterocycles. The van der Waals surface area contributed by atoms with Crippen molar-refractivity contribution in [2.75, 3.05) is 11.4 Å². The molecule has 6 nitrogen and oxygen atoms in total. The molecular formula is C18H21FN4O2. The Kier molecular flexibility index (Phi) is 6.63. The molecule has 0 radical (unpaired) electrons. The van der Waals surface area contributed by atoms with Crippen LogP contribution in [-0.4, -0.2) is 22.6 Å². The first-order chi connectivity index (χ1) is 12.0. The molecule has 0 bridgehead atoms. The zero-order valence-electron chi connectivity index (χ0n) is 14.4. The second-order valence-corrected chi connectivity index (χ2v) is 5.98. The van der Waals surface area contributed by atoms with E-state index >= 15 is 0 Å². The molecule has 2 aromatic rings. The Balaban J connectivity index is 1.94. The van der Waals surface area contributed by atoms with Crippen LogP contribution in [-0.2, 0) is 11.2 Å². The van der Waals surface area contributed by atoms with Crippen molar-refractivity contribution in [1.29, 1.82) is 5.26 Å². The maximum Gasteiger partial charge on any atom is 0.227 e. The van der Waals surface area contributed by atoms with E-state index in [-0.39, 0.29) is 37.0 Å². The van der Waals surface area contributed by atoms with E-state index < -0.39 is 0 Å². The van der Waals surface area contributed by atoms with Crippen molar-refractivity contribution in [3.8, 4) is 6.07 Å². The summed E-state index contributed by atoms with van der Waals surface area (Å²) in [6, 6.07) is 7.71. The highest BCUT2D eigenvalue weighted by Gasteiger charge is 2.16. The van der Waals surface area contributed by atoms with Gasteiger partial charge in [0, 0.05) is 31.0 Å². The molecule has 132 valence electrons. The molecule has 0 unspecified atom stereocenters. The van der Waals surface area contributed by atoms with Crippen LogP contribution in [0.3, 0.4) is 0 Å². The normalized spacial score (nSPS) is 10.7. The van der Waals surface area contributed by atoms with Crippen molar-refractivity contribution in [1.82, 2.24) is 10.1 Å². The Hall–Kier alpha value is -2.75. The quantitative estimate of drug-likeness (QED) is 0.730. The average molecular weight is 344 g/mol. The van der Waals surface area contributed by atoms with Gasteiger partial charge in [-0.05, 0) is 30.7 Å². The Bertz CT molecular complexity index is 734. The number of benzene rings is 1. The first-order valence-corrected chi connectivity index (χ1v) is 8.26. The lowest BCUT2D eigenvalue weighted by Gasteiger charge is -2.21. The molecule has 1 heterocycles. The Morgan fingerprint density at radius 3 is 2.68 bits per heavy atom. The first kappa shape index (κ1) is 18.6. The number of hydrogen-bond donors (Lipinski definition) is 0. The number of hydrogen-bond acceptors (Lipinski definition) is 5. The van der Waals surface area contributed by atoms with Gasteiger partial charge in [0.05, 0.1) is 12.5 Å². The van der Waals surface area contributed by atoms with Gasteiger partial charge in [0.15, 0.2) is 5.82 Å². The average Bonchev–Trinajstić information content (AvgIpc) is 3.06. The monoisotopic (exact) mass is 344 g/mol. The molecule has 1 aromatic carbocycles. The Morgan fingerprint density at radius 2 is 2.08 bits per heavy atom. The van der Waals surface area contributed by atoms with Crippen molar-refractivity contribution in [3.63, 3.8) is 0 Å². The smallest absolute Gasteiger partial charge is 0.227 e. The van der Waals surface area contributed by atoms with Crippen molar-refractivity contribution >= 4 is 11.6 Å². The maximum atomic E-state index is 13.1. The fourth-order valence-electron chi connectivity index (χ4n) is 2.31. The lowest BCUT2D eigenvalue weighted by Crippen LogP contribution is -2.31.